The van der Waals surface area contributed by atoms with E-state index in [0.717, 1.165) is 38.4 Å². The molecule has 0 radical (unpaired) electrons. The third-order valence-electron chi connectivity index (χ3n) is 5.03. The van der Waals surface area contributed by atoms with Gasteiger partial charge in [-0.15, -0.1) is 11.3 Å². The molecule has 5 nitrogen and oxygen atoms in total. The maximum absolute atomic E-state index is 10.9. The molecular formula is C23H21N3O2S. The molecule has 4 aromatic rings. The number of hydrogen-bond donors (Lipinski definition) is 2. The molecule has 0 unspecified atom stereocenters. The van der Waals surface area contributed by atoms with Gasteiger partial charge in [0.15, 0.2) is 0 Å². The number of hydrogen-bond acceptors (Lipinski definition) is 5. The topological polar surface area (TPSA) is 75.1 Å². The van der Waals surface area contributed by atoms with E-state index in [1.165, 1.54) is 16.0 Å². The summed E-state index contributed by atoms with van der Waals surface area (Å²) < 4.78 is 0. The van der Waals surface area contributed by atoms with Crippen LogP contribution in [0, 0.1) is 20.8 Å². The lowest BCUT2D eigenvalue weighted by molar-refractivity contribution is -0.136. The van der Waals surface area contributed by atoms with Crippen LogP contribution in [0.3, 0.4) is 0 Å². The van der Waals surface area contributed by atoms with Crippen molar-refractivity contribution in [3.05, 3.63) is 70.4 Å². The van der Waals surface area contributed by atoms with Gasteiger partial charge in [-0.1, -0.05) is 30.3 Å². The third kappa shape index (κ3) is 3.84. The number of carbonyl (C=O) groups is 1. The van der Waals surface area contributed by atoms with E-state index in [2.05, 4.69) is 54.3 Å². The van der Waals surface area contributed by atoms with E-state index in [1.807, 2.05) is 24.3 Å². The zero-order valence-corrected chi connectivity index (χ0v) is 17.3. The van der Waals surface area contributed by atoms with E-state index in [0.29, 0.717) is 0 Å². The second-order valence-corrected chi connectivity index (χ2v) is 8.33. The molecule has 0 aliphatic carbocycles. The molecule has 2 aromatic heterocycles. The molecule has 0 aliphatic rings. The van der Waals surface area contributed by atoms with E-state index in [-0.39, 0.29) is 6.42 Å². The molecule has 0 saturated heterocycles. The number of thiophene rings is 1. The highest BCUT2D eigenvalue weighted by Crippen LogP contribution is 2.41. The average Bonchev–Trinajstić information content (AvgIpc) is 3.02. The quantitative estimate of drug-likeness (QED) is 0.450. The molecule has 4 rings (SSSR count). The highest BCUT2D eigenvalue weighted by molar-refractivity contribution is 7.19. The first kappa shape index (κ1) is 19.1. The van der Waals surface area contributed by atoms with Crippen LogP contribution in [-0.4, -0.2) is 21.0 Å². The van der Waals surface area contributed by atoms with Crippen molar-refractivity contribution < 1.29 is 9.90 Å². The summed E-state index contributed by atoms with van der Waals surface area (Å²) in [6.45, 7) is 6.35. The molecule has 0 fully saturated rings. The molecule has 0 spiro atoms. The summed E-state index contributed by atoms with van der Waals surface area (Å²) in [5.74, 6) is -0.0893. The van der Waals surface area contributed by atoms with Gasteiger partial charge in [-0.3, -0.25) is 4.79 Å². The highest BCUT2D eigenvalue weighted by atomic mass is 32.1. The lowest BCUT2D eigenvalue weighted by Crippen LogP contribution is -2.00. The summed E-state index contributed by atoms with van der Waals surface area (Å²) in [7, 11) is 0. The van der Waals surface area contributed by atoms with Gasteiger partial charge in [0.2, 0.25) is 0 Å². The Morgan fingerprint density at radius 1 is 1.03 bits per heavy atom. The minimum Gasteiger partial charge on any atom is -0.481 e. The highest BCUT2D eigenvalue weighted by Gasteiger charge is 2.17. The normalized spacial score (nSPS) is 11.0. The van der Waals surface area contributed by atoms with Gasteiger partial charge >= 0.3 is 5.97 Å². The number of nitrogens with one attached hydrogen (secondary N) is 1. The molecule has 0 bridgehead atoms. The summed E-state index contributed by atoms with van der Waals surface area (Å²) in [4.78, 5) is 22.0. The van der Waals surface area contributed by atoms with Crippen molar-refractivity contribution in [2.45, 2.75) is 27.2 Å². The number of aryl methyl sites for hydroxylation is 3. The maximum Gasteiger partial charge on any atom is 0.307 e. The molecule has 0 aliphatic heterocycles. The Bertz CT molecular complexity index is 1210. The van der Waals surface area contributed by atoms with Crippen molar-refractivity contribution in [1.82, 2.24) is 9.97 Å². The zero-order chi connectivity index (χ0) is 20.5. The van der Waals surface area contributed by atoms with Gasteiger partial charge in [0.1, 0.15) is 17.0 Å². The van der Waals surface area contributed by atoms with E-state index in [1.54, 1.807) is 17.7 Å². The van der Waals surface area contributed by atoms with Crippen LogP contribution in [0.15, 0.2) is 48.8 Å². The number of aromatic nitrogens is 2. The Hall–Kier alpha value is -3.25. The van der Waals surface area contributed by atoms with E-state index < -0.39 is 5.97 Å². The fraction of sp³-hybridized carbons (Fsp3) is 0.174. The second kappa shape index (κ2) is 7.64. The molecule has 0 saturated carbocycles. The second-order valence-electron chi connectivity index (χ2n) is 7.13. The van der Waals surface area contributed by atoms with E-state index >= 15 is 0 Å². The van der Waals surface area contributed by atoms with Gasteiger partial charge < -0.3 is 10.4 Å². The third-order valence-corrected chi connectivity index (χ3v) is 6.05. The van der Waals surface area contributed by atoms with E-state index in [9.17, 15) is 4.79 Å². The fourth-order valence-electron chi connectivity index (χ4n) is 3.40. The van der Waals surface area contributed by atoms with Crippen LogP contribution in [-0.2, 0) is 11.2 Å². The fourth-order valence-corrected chi connectivity index (χ4v) is 4.41. The lowest BCUT2D eigenvalue weighted by Gasteiger charge is -2.10. The van der Waals surface area contributed by atoms with Gasteiger partial charge in [0.05, 0.1) is 11.8 Å². The van der Waals surface area contributed by atoms with Crippen molar-refractivity contribution >= 4 is 39.0 Å². The van der Waals surface area contributed by atoms with Crippen molar-refractivity contribution in [2.75, 3.05) is 5.32 Å². The summed E-state index contributed by atoms with van der Waals surface area (Å²) >= 11 is 1.66. The first-order chi connectivity index (χ1) is 13.9. The van der Waals surface area contributed by atoms with Crippen LogP contribution in [0.4, 0.5) is 11.5 Å². The van der Waals surface area contributed by atoms with Gasteiger partial charge in [0.25, 0.3) is 0 Å². The Morgan fingerprint density at radius 2 is 1.79 bits per heavy atom. The van der Waals surface area contributed by atoms with E-state index in [4.69, 9.17) is 5.11 Å². The van der Waals surface area contributed by atoms with Crippen LogP contribution < -0.4 is 5.32 Å². The van der Waals surface area contributed by atoms with Crippen molar-refractivity contribution in [1.29, 1.82) is 0 Å². The summed E-state index contributed by atoms with van der Waals surface area (Å²) in [6, 6.07) is 13.9. The first-order valence-corrected chi connectivity index (χ1v) is 10.1. The number of carboxylic acid groups (broad SMARTS) is 1. The predicted octanol–water partition coefficient (Wildman–Crippen LogP) is 5.65. The number of benzene rings is 2. The summed E-state index contributed by atoms with van der Waals surface area (Å²) in [5, 5.41) is 13.3. The number of fused-ring (bicyclic) bond motifs is 1. The Labute approximate surface area is 173 Å². The van der Waals surface area contributed by atoms with Crippen LogP contribution in [0.2, 0.25) is 0 Å². The standard InChI is InChI=1S/C23H21N3O2S/c1-13-4-7-17(10-14(13)2)20-15(3)29-23-21(20)22(24-12-25-23)26-18-8-5-16(6-9-18)11-19(27)28/h4-10,12H,11H2,1-3H3,(H,27,28)(H,24,25,26). The molecule has 29 heavy (non-hydrogen) atoms. The molecule has 0 amide bonds. The van der Waals surface area contributed by atoms with Gasteiger partial charge in [-0.25, -0.2) is 9.97 Å². The molecule has 2 N–H and O–H groups in total. The van der Waals surface area contributed by atoms with Crippen molar-refractivity contribution in [2.24, 2.45) is 0 Å². The molecular weight excluding hydrogens is 382 g/mol. The van der Waals surface area contributed by atoms with Crippen molar-refractivity contribution in [3.8, 4) is 11.1 Å². The van der Waals surface area contributed by atoms with Crippen LogP contribution >= 0.6 is 11.3 Å². The number of aliphatic carboxylic acids is 1. The maximum atomic E-state index is 10.9. The van der Waals surface area contributed by atoms with Gasteiger partial charge in [-0.2, -0.15) is 0 Å². The smallest absolute Gasteiger partial charge is 0.307 e. The molecule has 2 heterocycles. The zero-order valence-electron chi connectivity index (χ0n) is 16.5. The number of rotatable bonds is 5. The summed E-state index contributed by atoms with van der Waals surface area (Å²) in [5.41, 5.74) is 6.45. The number of anilines is 2. The minimum absolute atomic E-state index is 0.0126. The molecule has 0 atom stereocenters. The van der Waals surface area contributed by atoms with Crippen LogP contribution in [0.5, 0.6) is 0 Å². The molecule has 146 valence electrons. The predicted molar refractivity (Wildman–Crippen MR) is 118 cm³/mol. The Balaban J connectivity index is 1.77. The lowest BCUT2D eigenvalue weighted by atomic mass is 9.99. The number of nitrogens with zero attached hydrogens (tertiary/aromatic N) is 2. The first-order valence-electron chi connectivity index (χ1n) is 9.32. The van der Waals surface area contributed by atoms with Crippen LogP contribution in [0.25, 0.3) is 21.3 Å². The van der Waals surface area contributed by atoms with Crippen LogP contribution in [0.1, 0.15) is 21.6 Å². The Morgan fingerprint density at radius 3 is 2.48 bits per heavy atom. The largest absolute Gasteiger partial charge is 0.481 e. The average molecular weight is 404 g/mol. The Kier molecular flexibility index (Phi) is 5.03. The minimum atomic E-state index is -0.838. The number of carboxylic acids is 1. The monoisotopic (exact) mass is 403 g/mol. The van der Waals surface area contributed by atoms with Gasteiger partial charge in [0, 0.05) is 16.1 Å². The summed E-state index contributed by atoms with van der Waals surface area (Å²) in [6.07, 6.45) is 1.59. The SMILES string of the molecule is Cc1ccc(-c2c(C)sc3ncnc(Nc4ccc(CC(=O)O)cc4)c23)cc1C. The van der Waals surface area contributed by atoms with Gasteiger partial charge in [-0.05, 0) is 55.2 Å². The van der Waals surface area contributed by atoms with Crippen molar-refractivity contribution in [3.63, 3.8) is 0 Å². The molecule has 6 heteroatoms. The molecule has 2 aromatic carbocycles.